The highest BCUT2D eigenvalue weighted by Gasteiger charge is 2.09. The summed E-state index contributed by atoms with van der Waals surface area (Å²) in [6, 6.07) is 10.1. The molecule has 1 aromatic carbocycles. The third kappa shape index (κ3) is 4.87. The average molecular weight is 356 g/mol. The van der Waals surface area contributed by atoms with Crippen LogP contribution < -0.4 is 5.32 Å². The maximum atomic E-state index is 12.0. The third-order valence-electron chi connectivity index (χ3n) is 3.14. The molecule has 3 aromatic rings. The predicted octanol–water partition coefficient (Wildman–Crippen LogP) is 3.56. The summed E-state index contributed by atoms with van der Waals surface area (Å²) in [4.78, 5) is 25.5. The molecule has 0 fully saturated rings. The van der Waals surface area contributed by atoms with E-state index in [0.29, 0.717) is 10.3 Å². The van der Waals surface area contributed by atoms with E-state index in [9.17, 15) is 4.79 Å². The van der Waals surface area contributed by atoms with Crippen molar-refractivity contribution in [2.45, 2.75) is 18.5 Å². The van der Waals surface area contributed by atoms with Gasteiger partial charge in [0.1, 0.15) is 0 Å². The molecule has 0 saturated carbocycles. The molecule has 24 heavy (non-hydrogen) atoms. The molecule has 0 aliphatic heterocycles. The standard InChI is InChI=1S/C17H16N4OS2/c1-12-4-2-5-13(8-12)9-14-10-20-17(24-14)21-15(22)11-23-16-18-6-3-7-19-16/h2-8,10H,9,11H2,1H3,(H,20,21,22). The van der Waals surface area contributed by atoms with Crippen molar-refractivity contribution in [1.82, 2.24) is 15.0 Å². The van der Waals surface area contributed by atoms with Crippen LogP contribution in [0, 0.1) is 6.92 Å². The number of nitrogens with one attached hydrogen (secondary N) is 1. The van der Waals surface area contributed by atoms with Crippen LogP contribution in [0.5, 0.6) is 0 Å². The van der Waals surface area contributed by atoms with E-state index in [2.05, 4.69) is 51.5 Å². The summed E-state index contributed by atoms with van der Waals surface area (Å²) in [5.41, 5.74) is 2.49. The molecular weight excluding hydrogens is 340 g/mol. The van der Waals surface area contributed by atoms with Crippen LogP contribution in [-0.2, 0) is 11.2 Å². The average Bonchev–Trinajstić information content (AvgIpc) is 3.01. The fourth-order valence-electron chi connectivity index (χ4n) is 2.12. The monoisotopic (exact) mass is 356 g/mol. The van der Waals surface area contributed by atoms with Crippen LogP contribution in [0.3, 0.4) is 0 Å². The van der Waals surface area contributed by atoms with E-state index in [4.69, 9.17) is 0 Å². The highest BCUT2D eigenvalue weighted by Crippen LogP contribution is 2.22. The molecule has 0 aliphatic carbocycles. The highest BCUT2D eigenvalue weighted by molar-refractivity contribution is 7.99. The summed E-state index contributed by atoms with van der Waals surface area (Å²) in [7, 11) is 0. The number of hydrogen-bond acceptors (Lipinski definition) is 6. The van der Waals surface area contributed by atoms with Crippen molar-refractivity contribution in [2.75, 3.05) is 11.1 Å². The molecule has 0 bridgehead atoms. The van der Waals surface area contributed by atoms with Crippen LogP contribution in [0.2, 0.25) is 0 Å². The van der Waals surface area contributed by atoms with E-state index in [1.54, 1.807) is 18.5 Å². The lowest BCUT2D eigenvalue weighted by Gasteiger charge is -2.01. The van der Waals surface area contributed by atoms with E-state index in [1.807, 2.05) is 6.20 Å². The Balaban J connectivity index is 1.53. The minimum Gasteiger partial charge on any atom is -0.301 e. The summed E-state index contributed by atoms with van der Waals surface area (Å²) in [6.07, 6.45) is 5.95. The molecule has 0 saturated heterocycles. The maximum absolute atomic E-state index is 12.0. The zero-order valence-electron chi connectivity index (χ0n) is 13.1. The lowest BCUT2D eigenvalue weighted by molar-refractivity contribution is -0.113. The fraction of sp³-hybridized carbons (Fsp3) is 0.176. The lowest BCUT2D eigenvalue weighted by atomic mass is 10.1. The Morgan fingerprint density at radius 1 is 1.21 bits per heavy atom. The fourth-order valence-corrected chi connectivity index (χ4v) is 3.58. The van der Waals surface area contributed by atoms with E-state index in [1.165, 1.54) is 34.2 Å². The van der Waals surface area contributed by atoms with Gasteiger partial charge in [-0.25, -0.2) is 15.0 Å². The van der Waals surface area contributed by atoms with Crippen molar-refractivity contribution in [1.29, 1.82) is 0 Å². The van der Waals surface area contributed by atoms with Crippen molar-refractivity contribution in [3.63, 3.8) is 0 Å². The number of anilines is 1. The van der Waals surface area contributed by atoms with Crippen molar-refractivity contribution in [2.24, 2.45) is 0 Å². The summed E-state index contributed by atoms with van der Waals surface area (Å²) in [5.74, 6) is 0.153. The largest absolute Gasteiger partial charge is 0.301 e. The molecule has 0 aliphatic rings. The number of hydrogen-bond donors (Lipinski definition) is 1. The van der Waals surface area contributed by atoms with Crippen LogP contribution in [0.4, 0.5) is 5.13 Å². The highest BCUT2D eigenvalue weighted by atomic mass is 32.2. The Morgan fingerprint density at radius 2 is 2.04 bits per heavy atom. The number of thioether (sulfide) groups is 1. The Bertz CT molecular complexity index is 820. The Labute approximate surface area is 148 Å². The van der Waals surface area contributed by atoms with Gasteiger partial charge in [-0.15, -0.1) is 11.3 Å². The smallest absolute Gasteiger partial charge is 0.236 e. The van der Waals surface area contributed by atoms with Gasteiger partial charge in [-0.05, 0) is 18.6 Å². The minimum atomic E-state index is -0.107. The second-order valence-electron chi connectivity index (χ2n) is 5.17. The molecule has 1 N–H and O–H groups in total. The number of aromatic nitrogens is 3. The Hall–Kier alpha value is -2.25. The quantitative estimate of drug-likeness (QED) is 0.540. The molecule has 0 spiro atoms. The Morgan fingerprint density at radius 3 is 2.83 bits per heavy atom. The molecule has 7 heteroatoms. The molecular formula is C17H16N4OS2. The Kier molecular flexibility index (Phi) is 5.55. The zero-order chi connectivity index (χ0) is 16.8. The second-order valence-corrected chi connectivity index (χ2v) is 7.22. The van der Waals surface area contributed by atoms with Gasteiger partial charge in [0.2, 0.25) is 5.91 Å². The van der Waals surface area contributed by atoms with Crippen LogP contribution in [-0.4, -0.2) is 26.6 Å². The van der Waals surface area contributed by atoms with Gasteiger partial charge in [-0.1, -0.05) is 41.6 Å². The van der Waals surface area contributed by atoms with Gasteiger partial charge >= 0.3 is 0 Å². The number of aryl methyl sites for hydroxylation is 1. The van der Waals surface area contributed by atoms with Crippen molar-refractivity contribution in [3.05, 3.63) is 64.9 Å². The number of benzene rings is 1. The number of carbonyl (C=O) groups excluding carboxylic acids is 1. The number of rotatable bonds is 6. The molecule has 0 radical (unpaired) electrons. The first-order valence-electron chi connectivity index (χ1n) is 7.39. The summed E-state index contributed by atoms with van der Waals surface area (Å²) < 4.78 is 0. The number of nitrogens with zero attached hydrogens (tertiary/aromatic N) is 3. The van der Waals surface area contributed by atoms with Crippen molar-refractivity contribution < 1.29 is 4.79 Å². The van der Waals surface area contributed by atoms with Crippen molar-refractivity contribution in [3.8, 4) is 0 Å². The van der Waals surface area contributed by atoms with Crippen LogP contribution in [0.1, 0.15) is 16.0 Å². The molecule has 5 nitrogen and oxygen atoms in total. The summed E-state index contributed by atoms with van der Waals surface area (Å²) >= 11 is 2.80. The third-order valence-corrected chi connectivity index (χ3v) is 4.92. The van der Waals surface area contributed by atoms with Crippen molar-refractivity contribution >= 4 is 34.1 Å². The zero-order valence-corrected chi connectivity index (χ0v) is 14.7. The number of thiazole rings is 1. The van der Waals surface area contributed by atoms with Crippen LogP contribution >= 0.6 is 23.1 Å². The molecule has 1 amide bonds. The molecule has 3 rings (SSSR count). The van der Waals surface area contributed by atoms with E-state index >= 15 is 0 Å². The molecule has 0 unspecified atom stereocenters. The van der Waals surface area contributed by atoms with E-state index < -0.39 is 0 Å². The summed E-state index contributed by atoms with van der Waals surface area (Å²) in [5, 5.41) is 4.03. The van der Waals surface area contributed by atoms with Gasteiger partial charge in [-0.2, -0.15) is 0 Å². The molecule has 122 valence electrons. The van der Waals surface area contributed by atoms with Gasteiger partial charge in [0.25, 0.3) is 0 Å². The van der Waals surface area contributed by atoms with Crippen LogP contribution in [0.15, 0.2) is 54.1 Å². The van der Waals surface area contributed by atoms with Gasteiger partial charge < -0.3 is 5.32 Å². The topological polar surface area (TPSA) is 67.8 Å². The molecule has 2 aromatic heterocycles. The number of amides is 1. The molecule has 0 atom stereocenters. The summed E-state index contributed by atoms with van der Waals surface area (Å²) in [6.45, 7) is 2.08. The normalized spacial score (nSPS) is 10.5. The van der Waals surface area contributed by atoms with Gasteiger partial charge in [0, 0.05) is 29.9 Å². The number of carbonyl (C=O) groups is 1. The first-order valence-corrected chi connectivity index (χ1v) is 9.19. The van der Waals surface area contributed by atoms with E-state index in [-0.39, 0.29) is 11.7 Å². The van der Waals surface area contributed by atoms with Gasteiger partial charge in [0.05, 0.1) is 5.75 Å². The second kappa shape index (κ2) is 8.03. The minimum absolute atomic E-state index is 0.107. The van der Waals surface area contributed by atoms with E-state index in [0.717, 1.165) is 11.3 Å². The maximum Gasteiger partial charge on any atom is 0.236 e. The first kappa shape index (κ1) is 16.6. The predicted molar refractivity (Wildman–Crippen MR) is 97.5 cm³/mol. The van der Waals surface area contributed by atoms with Crippen LogP contribution in [0.25, 0.3) is 0 Å². The van der Waals surface area contributed by atoms with Gasteiger partial charge in [0.15, 0.2) is 10.3 Å². The lowest BCUT2D eigenvalue weighted by Crippen LogP contribution is -2.13. The first-order chi connectivity index (χ1) is 11.7. The molecule has 2 heterocycles. The SMILES string of the molecule is Cc1cccc(Cc2cnc(NC(=O)CSc3ncccn3)s2)c1. The van der Waals surface area contributed by atoms with Gasteiger partial charge in [-0.3, -0.25) is 4.79 Å².